The van der Waals surface area contributed by atoms with E-state index in [0.717, 1.165) is 25.2 Å². The summed E-state index contributed by atoms with van der Waals surface area (Å²) in [5, 5.41) is 4.26. The molecule has 2 aromatic rings. The molecule has 4 nitrogen and oxygen atoms in total. The molecule has 2 N–H and O–H groups in total. The summed E-state index contributed by atoms with van der Waals surface area (Å²) in [5.74, 6) is 0.556. The van der Waals surface area contributed by atoms with E-state index in [1.807, 2.05) is 12.1 Å². The van der Waals surface area contributed by atoms with Gasteiger partial charge >= 0.3 is 0 Å². The number of carbonyl (C=O) groups excluding carboxylic acids is 1. The zero-order chi connectivity index (χ0) is 13.9. The molecule has 1 aliphatic rings. The molecule has 0 saturated carbocycles. The Bertz CT molecular complexity index is 614. The van der Waals surface area contributed by atoms with Crippen LogP contribution in [0.2, 0.25) is 0 Å². The number of aryl methyl sites for hydroxylation is 1. The number of rotatable bonds is 5. The number of hydrogen-bond acceptors (Lipinski definition) is 2. The van der Waals surface area contributed by atoms with Crippen LogP contribution in [0.15, 0.2) is 24.3 Å². The number of amides is 1. The maximum Gasteiger partial charge on any atom is 0.220 e. The van der Waals surface area contributed by atoms with Crippen LogP contribution in [-0.4, -0.2) is 30.6 Å². The lowest BCUT2D eigenvalue weighted by Crippen LogP contribution is -2.35. The molecular formula is C16H20N2O2. The monoisotopic (exact) mass is 272 g/mol. The van der Waals surface area contributed by atoms with Crippen molar-refractivity contribution in [1.29, 1.82) is 0 Å². The molecule has 1 amide bonds. The minimum absolute atomic E-state index is 0.135. The van der Waals surface area contributed by atoms with Gasteiger partial charge in [-0.25, -0.2) is 0 Å². The number of aromatic nitrogens is 1. The second-order valence-corrected chi connectivity index (χ2v) is 5.48. The molecule has 3 rings (SSSR count). The maximum atomic E-state index is 11.7. The second-order valence-electron chi connectivity index (χ2n) is 5.48. The van der Waals surface area contributed by atoms with Crippen LogP contribution < -0.4 is 5.32 Å². The van der Waals surface area contributed by atoms with Gasteiger partial charge in [-0.15, -0.1) is 0 Å². The minimum Gasteiger partial charge on any atom is -0.381 e. The van der Waals surface area contributed by atoms with E-state index in [1.54, 1.807) is 0 Å². The first-order chi connectivity index (χ1) is 9.74. The fourth-order valence-corrected chi connectivity index (χ4v) is 2.72. The average Bonchev–Trinajstić information content (AvgIpc) is 2.71. The molecule has 0 aliphatic carbocycles. The van der Waals surface area contributed by atoms with Crippen molar-refractivity contribution in [2.75, 3.05) is 19.8 Å². The Balaban J connectivity index is 1.56. The number of benzene rings is 1. The van der Waals surface area contributed by atoms with E-state index in [9.17, 15) is 4.79 Å². The molecule has 0 unspecified atom stereocenters. The van der Waals surface area contributed by atoms with Crippen molar-refractivity contribution in [1.82, 2.24) is 10.3 Å². The topological polar surface area (TPSA) is 54.1 Å². The third-order valence-electron chi connectivity index (χ3n) is 3.91. The number of para-hydroxylation sites is 1. The van der Waals surface area contributed by atoms with E-state index in [2.05, 4.69) is 29.4 Å². The lowest BCUT2D eigenvalue weighted by Gasteiger charge is -2.25. The molecule has 1 aromatic carbocycles. The third-order valence-corrected chi connectivity index (χ3v) is 3.91. The predicted molar refractivity (Wildman–Crippen MR) is 78.7 cm³/mol. The van der Waals surface area contributed by atoms with E-state index in [0.29, 0.717) is 18.9 Å². The van der Waals surface area contributed by atoms with Crippen LogP contribution in [0.3, 0.4) is 0 Å². The SMILES string of the molecule is Cc1[nH]c2ccccc2c1CCNC(=O)CC1COC1. The highest BCUT2D eigenvalue weighted by molar-refractivity contribution is 5.84. The molecule has 0 bridgehead atoms. The number of fused-ring (bicyclic) bond motifs is 1. The highest BCUT2D eigenvalue weighted by Gasteiger charge is 2.21. The van der Waals surface area contributed by atoms with Gasteiger partial charge in [-0.3, -0.25) is 4.79 Å². The normalized spacial score (nSPS) is 15.2. The summed E-state index contributed by atoms with van der Waals surface area (Å²) in [7, 11) is 0. The van der Waals surface area contributed by atoms with E-state index in [-0.39, 0.29) is 5.91 Å². The van der Waals surface area contributed by atoms with E-state index >= 15 is 0 Å². The standard InChI is InChI=1S/C16H20N2O2/c1-11-13(14-4-2-3-5-15(14)18-11)6-7-17-16(19)8-12-9-20-10-12/h2-5,12,18H,6-10H2,1H3,(H,17,19). The first-order valence-electron chi connectivity index (χ1n) is 7.14. The molecule has 4 heteroatoms. The quantitative estimate of drug-likeness (QED) is 0.876. The number of hydrogen-bond donors (Lipinski definition) is 2. The minimum atomic E-state index is 0.135. The Kier molecular flexibility index (Phi) is 3.74. The van der Waals surface area contributed by atoms with Crippen molar-refractivity contribution >= 4 is 16.8 Å². The first kappa shape index (κ1) is 13.2. The number of H-pyrrole nitrogens is 1. The summed E-state index contributed by atoms with van der Waals surface area (Å²) in [6, 6.07) is 8.29. The van der Waals surface area contributed by atoms with Crippen LogP contribution in [0.4, 0.5) is 0 Å². The van der Waals surface area contributed by atoms with Crippen molar-refractivity contribution in [3.8, 4) is 0 Å². The Morgan fingerprint density at radius 2 is 2.20 bits per heavy atom. The van der Waals surface area contributed by atoms with Crippen LogP contribution in [0.5, 0.6) is 0 Å². The molecule has 1 fully saturated rings. The van der Waals surface area contributed by atoms with Crippen LogP contribution >= 0.6 is 0 Å². The fraction of sp³-hybridized carbons (Fsp3) is 0.438. The Hall–Kier alpha value is -1.81. The summed E-state index contributed by atoms with van der Waals surface area (Å²) in [5.41, 5.74) is 3.65. The molecule has 1 aromatic heterocycles. The van der Waals surface area contributed by atoms with Gasteiger partial charge in [-0.2, -0.15) is 0 Å². The summed E-state index contributed by atoms with van der Waals surface area (Å²) in [4.78, 5) is 15.1. The summed E-state index contributed by atoms with van der Waals surface area (Å²) in [6.45, 7) is 4.24. The van der Waals surface area contributed by atoms with Crippen LogP contribution in [0.25, 0.3) is 10.9 Å². The maximum absolute atomic E-state index is 11.7. The number of carbonyl (C=O) groups is 1. The summed E-state index contributed by atoms with van der Waals surface area (Å²) >= 11 is 0. The van der Waals surface area contributed by atoms with Crippen molar-refractivity contribution in [3.05, 3.63) is 35.5 Å². The zero-order valence-corrected chi connectivity index (χ0v) is 11.7. The first-order valence-corrected chi connectivity index (χ1v) is 7.14. The molecule has 0 atom stereocenters. The van der Waals surface area contributed by atoms with Gasteiger partial charge in [-0.05, 0) is 25.0 Å². The highest BCUT2D eigenvalue weighted by atomic mass is 16.5. The molecule has 0 radical (unpaired) electrons. The number of nitrogens with one attached hydrogen (secondary N) is 2. The van der Waals surface area contributed by atoms with E-state index in [4.69, 9.17) is 4.74 Å². The fourth-order valence-electron chi connectivity index (χ4n) is 2.72. The zero-order valence-electron chi connectivity index (χ0n) is 11.7. The van der Waals surface area contributed by atoms with Crippen LogP contribution in [-0.2, 0) is 16.0 Å². The van der Waals surface area contributed by atoms with Crippen LogP contribution in [0.1, 0.15) is 17.7 Å². The van der Waals surface area contributed by atoms with E-state index in [1.165, 1.54) is 16.6 Å². The Morgan fingerprint density at radius 1 is 1.40 bits per heavy atom. The third kappa shape index (κ3) is 2.70. The van der Waals surface area contributed by atoms with Gasteiger partial charge in [0, 0.05) is 35.5 Å². The van der Waals surface area contributed by atoms with Gasteiger partial charge in [0.2, 0.25) is 5.91 Å². The van der Waals surface area contributed by atoms with Crippen molar-refractivity contribution in [2.24, 2.45) is 5.92 Å². The Morgan fingerprint density at radius 3 is 2.95 bits per heavy atom. The van der Waals surface area contributed by atoms with Crippen molar-refractivity contribution in [2.45, 2.75) is 19.8 Å². The lowest BCUT2D eigenvalue weighted by molar-refractivity contribution is -0.126. The Labute approximate surface area is 118 Å². The van der Waals surface area contributed by atoms with Gasteiger partial charge in [0.25, 0.3) is 0 Å². The van der Waals surface area contributed by atoms with Gasteiger partial charge in [-0.1, -0.05) is 18.2 Å². The largest absolute Gasteiger partial charge is 0.381 e. The van der Waals surface area contributed by atoms with Crippen molar-refractivity contribution < 1.29 is 9.53 Å². The molecule has 1 saturated heterocycles. The highest BCUT2D eigenvalue weighted by Crippen LogP contribution is 2.22. The van der Waals surface area contributed by atoms with Crippen molar-refractivity contribution in [3.63, 3.8) is 0 Å². The molecule has 2 heterocycles. The molecule has 1 aliphatic heterocycles. The predicted octanol–water partition coefficient (Wildman–Crippen LogP) is 2.17. The van der Waals surface area contributed by atoms with Crippen LogP contribution in [0, 0.1) is 12.8 Å². The summed E-state index contributed by atoms with van der Waals surface area (Å²) in [6.07, 6.45) is 1.45. The second kappa shape index (κ2) is 5.67. The van der Waals surface area contributed by atoms with Gasteiger partial charge in [0.05, 0.1) is 13.2 Å². The number of aromatic amines is 1. The van der Waals surface area contributed by atoms with Gasteiger partial charge in [0.15, 0.2) is 0 Å². The summed E-state index contributed by atoms with van der Waals surface area (Å²) < 4.78 is 5.08. The van der Waals surface area contributed by atoms with Gasteiger partial charge < -0.3 is 15.0 Å². The molecule has 0 spiro atoms. The molecule has 20 heavy (non-hydrogen) atoms. The lowest BCUT2D eigenvalue weighted by atomic mass is 10.0. The van der Waals surface area contributed by atoms with E-state index < -0.39 is 0 Å². The number of ether oxygens (including phenoxy) is 1. The van der Waals surface area contributed by atoms with Gasteiger partial charge in [0.1, 0.15) is 0 Å². The average molecular weight is 272 g/mol. The molecule has 106 valence electrons. The molecular weight excluding hydrogens is 252 g/mol. The smallest absolute Gasteiger partial charge is 0.220 e.